The molecule has 0 radical (unpaired) electrons. The van der Waals surface area contributed by atoms with E-state index >= 15 is 0 Å². The summed E-state index contributed by atoms with van der Waals surface area (Å²) in [5.74, 6) is -6.69. The minimum absolute atomic E-state index is 0.0283. The van der Waals surface area contributed by atoms with E-state index < -0.39 is 75.1 Å². The molecule has 3 atom stereocenters. The number of hydrogen-bond acceptors (Lipinski definition) is 8. The van der Waals surface area contributed by atoms with Crippen molar-refractivity contribution < 1.29 is 40.1 Å². The van der Waals surface area contributed by atoms with Crippen molar-refractivity contribution in [2.45, 2.75) is 48.8 Å². The molecule has 15 heteroatoms. The summed E-state index contributed by atoms with van der Waals surface area (Å²) in [7, 11) is -3.12. The molecule has 2 aliphatic heterocycles. The second-order valence-corrected chi connectivity index (χ2v) is 12.3. The lowest BCUT2D eigenvalue weighted by molar-refractivity contribution is -0.148. The van der Waals surface area contributed by atoms with Gasteiger partial charge in [-0.1, -0.05) is 0 Å². The van der Waals surface area contributed by atoms with Gasteiger partial charge in [-0.15, -0.1) is 0 Å². The molecule has 0 spiro atoms. The van der Waals surface area contributed by atoms with Crippen molar-refractivity contribution in [1.29, 1.82) is 0 Å². The van der Waals surface area contributed by atoms with Crippen molar-refractivity contribution in [3.63, 3.8) is 0 Å². The zero-order valence-electron chi connectivity index (χ0n) is 20.7. The number of rotatable bonds is 9. The van der Waals surface area contributed by atoms with Crippen LogP contribution in [0.25, 0.3) is 0 Å². The van der Waals surface area contributed by atoms with E-state index in [9.17, 15) is 35.3 Å². The second kappa shape index (κ2) is 10.4. The van der Waals surface area contributed by atoms with Gasteiger partial charge in [-0.3, -0.25) is 14.8 Å². The number of alkyl halides is 5. The Morgan fingerprint density at radius 2 is 2.00 bits per heavy atom. The van der Waals surface area contributed by atoms with Crippen LogP contribution < -0.4 is 10.5 Å². The number of ether oxygens (including phenoxy) is 1. The maximum absolute atomic E-state index is 15.0. The number of hydrogen-bond donors (Lipinski definition) is 1. The lowest BCUT2D eigenvalue weighted by atomic mass is 9.95. The van der Waals surface area contributed by atoms with E-state index in [1.807, 2.05) is 0 Å². The number of ketones is 1. The molecular weight excluding hydrogens is 552 g/mol. The van der Waals surface area contributed by atoms with E-state index in [4.69, 9.17) is 5.73 Å². The molecule has 2 aliphatic rings. The summed E-state index contributed by atoms with van der Waals surface area (Å²) >= 11 is 0. The van der Waals surface area contributed by atoms with Crippen molar-refractivity contribution in [3.05, 3.63) is 53.4 Å². The van der Waals surface area contributed by atoms with E-state index in [-0.39, 0.29) is 23.0 Å². The topological polar surface area (TPSA) is 120 Å². The van der Waals surface area contributed by atoms with Gasteiger partial charge in [0.25, 0.3) is 0 Å². The number of pyridine rings is 2. The lowest BCUT2D eigenvalue weighted by Crippen LogP contribution is -2.59. The van der Waals surface area contributed by atoms with Crippen LogP contribution in [0.5, 0.6) is 5.75 Å². The van der Waals surface area contributed by atoms with Gasteiger partial charge < -0.3 is 10.5 Å². The van der Waals surface area contributed by atoms with Gasteiger partial charge in [-0.25, -0.2) is 31.1 Å². The number of aliphatic imine (C=N–C) groups is 1. The first-order valence-electron chi connectivity index (χ1n) is 11.8. The van der Waals surface area contributed by atoms with Crippen molar-refractivity contribution in [2.75, 3.05) is 25.6 Å². The average molecular weight is 578 g/mol. The fourth-order valence-electron chi connectivity index (χ4n) is 4.42. The molecule has 0 saturated heterocycles. The monoisotopic (exact) mass is 577 g/mol. The highest BCUT2D eigenvalue weighted by Gasteiger charge is 2.54. The van der Waals surface area contributed by atoms with Gasteiger partial charge in [0, 0.05) is 12.2 Å². The molecule has 212 valence electrons. The average Bonchev–Trinajstić information content (AvgIpc) is 2.89. The Hall–Kier alpha value is -3.23. The number of aromatic nitrogens is 2. The van der Waals surface area contributed by atoms with Gasteiger partial charge in [-0.05, 0) is 44.0 Å². The van der Waals surface area contributed by atoms with Crippen LogP contribution in [0.1, 0.15) is 41.6 Å². The Morgan fingerprint density at radius 3 is 2.64 bits per heavy atom. The maximum atomic E-state index is 15.0. The van der Waals surface area contributed by atoms with Crippen molar-refractivity contribution >= 4 is 21.3 Å². The van der Waals surface area contributed by atoms with Gasteiger partial charge in [0.1, 0.15) is 45.8 Å². The van der Waals surface area contributed by atoms with Gasteiger partial charge in [0.15, 0.2) is 12.4 Å². The van der Waals surface area contributed by atoms with Crippen molar-refractivity contribution in [3.8, 4) is 5.75 Å². The van der Waals surface area contributed by atoms with Crippen LogP contribution in [0.4, 0.5) is 26.3 Å². The Morgan fingerprint density at radius 1 is 1.26 bits per heavy atom. The highest BCUT2D eigenvalue weighted by atomic mass is 32.2. The fourth-order valence-corrected chi connectivity index (χ4v) is 7.30. The Balaban J connectivity index is 1.57. The normalized spacial score (nSPS) is 26.9. The van der Waals surface area contributed by atoms with Crippen molar-refractivity contribution in [2.24, 2.45) is 15.1 Å². The number of carbonyl (C=O) groups excluding carboxylic acids is 1. The number of fused-ring (bicyclic) bond motifs is 1. The Labute approximate surface area is 220 Å². The molecule has 4 heterocycles. The zero-order chi connectivity index (χ0) is 28.6. The maximum Gasteiger partial charge on any atom is 0.340 e. The molecule has 2 N–H and O–H groups in total. The van der Waals surface area contributed by atoms with Crippen LogP contribution >= 0.6 is 0 Å². The predicted molar refractivity (Wildman–Crippen MR) is 130 cm³/mol. The number of Topliss-reactive ketones (excluding diaryl/α,β-unsaturated/α-hetero) is 1. The molecule has 0 saturated carbocycles. The molecule has 0 bridgehead atoms. The summed E-state index contributed by atoms with van der Waals surface area (Å²) in [5, 5.41) is 0. The van der Waals surface area contributed by atoms with Gasteiger partial charge in [-0.2, -0.15) is 8.78 Å². The van der Waals surface area contributed by atoms with E-state index in [0.717, 1.165) is 24.4 Å². The quantitative estimate of drug-likeness (QED) is 0.357. The number of nitrogens with two attached hydrogens (primary N) is 1. The summed E-state index contributed by atoms with van der Waals surface area (Å²) < 4.78 is 102. The molecule has 39 heavy (non-hydrogen) atoms. The number of halogens is 6. The van der Waals surface area contributed by atoms with Crippen LogP contribution in [-0.4, -0.2) is 68.5 Å². The van der Waals surface area contributed by atoms with E-state index in [1.54, 1.807) is 6.92 Å². The van der Waals surface area contributed by atoms with Crippen LogP contribution in [-0.2, 0) is 21.7 Å². The van der Waals surface area contributed by atoms with Crippen LogP contribution in [0, 0.1) is 5.82 Å². The van der Waals surface area contributed by atoms with Gasteiger partial charge in [0.05, 0.1) is 28.1 Å². The first kappa shape index (κ1) is 28.8. The van der Waals surface area contributed by atoms with Crippen molar-refractivity contribution in [1.82, 2.24) is 9.97 Å². The predicted octanol–water partition coefficient (Wildman–Crippen LogP) is 3.88. The summed E-state index contributed by atoms with van der Waals surface area (Å²) in [6.45, 7) is -0.902. The van der Waals surface area contributed by atoms with E-state index in [0.29, 0.717) is 19.4 Å². The molecule has 0 aromatic carbocycles. The third kappa shape index (κ3) is 5.32. The highest BCUT2D eigenvalue weighted by Crippen LogP contribution is 2.42. The lowest BCUT2D eigenvalue weighted by Gasteiger charge is -2.44. The standard InChI is InChI=1S/C24H25F6N5O3S/c1-22-7-2-8-33-39(22,37)13-23(11-25,35-21(22)31)19-16(26)5-3-14(34-19)9-18(36)17-6-4-15(10-32-17)38-12-24(29,30)20(27)28/h3-6,10,20H,2,7-9,11-13H2,1H3,(H2,31,35). The Kier molecular flexibility index (Phi) is 7.67. The van der Waals surface area contributed by atoms with Crippen LogP contribution in [0.15, 0.2) is 39.8 Å². The molecule has 4 rings (SSSR count). The summed E-state index contributed by atoms with van der Waals surface area (Å²) in [6.07, 6.45) is -2.35. The third-order valence-corrected chi connectivity index (χ3v) is 10.1. The molecule has 2 aromatic rings. The molecule has 2 aromatic heterocycles. The molecule has 8 nitrogen and oxygen atoms in total. The minimum atomic E-state index is -4.36. The minimum Gasteiger partial charge on any atom is -0.485 e. The first-order chi connectivity index (χ1) is 18.3. The fraction of sp³-hybridized carbons (Fsp3) is 0.500. The summed E-state index contributed by atoms with van der Waals surface area (Å²) in [4.78, 5) is 25.0. The third-order valence-electron chi connectivity index (χ3n) is 6.81. The van der Waals surface area contributed by atoms with E-state index in [2.05, 4.69) is 24.1 Å². The number of carbonyl (C=O) groups is 1. The number of amidine groups is 1. The molecule has 3 unspecified atom stereocenters. The first-order valence-corrected chi connectivity index (χ1v) is 13.5. The smallest absolute Gasteiger partial charge is 0.340 e. The molecule has 0 fully saturated rings. The zero-order valence-corrected chi connectivity index (χ0v) is 21.5. The summed E-state index contributed by atoms with van der Waals surface area (Å²) in [5.41, 5.74) is 3.59. The molecule has 0 amide bonds. The summed E-state index contributed by atoms with van der Waals surface area (Å²) in [6, 6.07) is 4.43. The molecular formula is C24H25F6N5O3S. The second-order valence-electron chi connectivity index (χ2n) is 9.60. The van der Waals surface area contributed by atoms with E-state index in [1.165, 1.54) is 6.07 Å². The largest absolute Gasteiger partial charge is 0.485 e. The highest BCUT2D eigenvalue weighted by molar-refractivity contribution is 7.95. The van der Waals surface area contributed by atoms with Crippen LogP contribution in [0.2, 0.25) is 0 Å². The van der Waals surface area contributed by atoms with Gasteiger partial charge >= 0.3 is 12.3 Å². The Bertz CT molecular complexity index is 1410. The van der Waals surface area contributed by atoms with Gasteiger partial charge in [0.2, 0.25) is 0 Å². The van der Waals surface area contributed by atoms with Crippen LogP contribution in [0.3, 0.4) is 0 Å². The number of nitrogens with zero attached hydrogens (tertiary/aromatic N) is 4. The SMILES string of the molecule is CC12CCCN=S1(=O)CC(CF)(c1nc(CC(=O)c3ccc(OCC(F)(F)C(F)F)cn3)ccc1F)N=C2N. The molecule has 0 aliphatic carbocycles.